The van der Waals surface area contributed by atoms with Crippen LogP contribution in [0.15, 0.2) is 4.99 Å². The average Bonchev–Trinajstić information content (AvgIpc) is 2.39. The van der Waals surface area contributed by atoms with Crippen LogP contribution in [0.25, 0.3) is 0 Å². The van der Waals surface area contributed by atoms with E-state index in [4.69, 9.17) is 4.74 Å². The zero-order valence-corrected chi connectivity index (χ0v) is 12.9. The molecule has 0 amide bonds. The molecule has 19 heavy (non-hydrogen) atoms. The van der Waals surface area contributed by atoms with Crippen LogP contribution in [0.1, 0.15) is 52.9 Å². The number of ether oxygens (including phenoxy) is 1. The van der Waals surface area contributed by atoms with E-state index in [-0.39, 0.29) is 0 Å². The van der Waals surface area contributed by atoms with E-state index in [1.807, 2.05) is 0 Å². The predicted octanol–water partition coefficient (Wildman–Crippen LogP) is 2.55. The molecule has 0 aromatic rings. The van der Waals surface area contributed by atoms with E-state index >= 15 is 0 Å². The maximum absolute atomic E-state index is 5.55. The first-order valence-corrected chi connectivity index (χ1v) is 7.85. The van der Waals surface area contributed by atoms with Crippen molar-refractivity contribution in [2.45, 2.75) is 58.9 Å². The van der Waals surface area contributed by atoms with E-state index in [1.165, 1.54) is 32.1 Å². The normalized spacial score (nSPS) is 17.8. The summed E-state index contributed by atoms with van der Waals surface area (Å²) >= 11 is 0. The smallest absolute Gasteiger partial charge is 0.191 e. The molecule has 0 unspecified atom stereocenters. The van der Waals surface area contributed by atoms with Gasteiger partial charge in [-0.25, -0.2) is 0 Å². The van der Waals surface area contributed by atoms with Gasteiger partial charge < -0.3 is 15.4 Å². The van der Waals surface area contributed by atoms with Crippen LogP contribution in [0.4, 0.5) is 0 Å². The van der Waals surface area contributed by atoms with Gasteiger partial charge in [0, 0.05) is 19.2 Å². The predicted molar refractivity (Wildman–Crippen MR) is 81.6 cm³/mol. The minimum atomic E-state index is 0.595. The molecule has 4 nitrogen and oxygen atoms in total. The van der Waals surface area contributed by atoms with Gasteiger partial charge in [0.25, 0.3) is 0 Å². The summed E-state index contributed by atoms with van der Waals surface area (Å²) in [6, 6.07) is 0.600. The summed E-state index contributed by atoms with van der Waals surface area (Å²) in [7, 11) is 0. The molecular weight excluding hydrogens is 238 g/mol. The van der Waals surface area contributed by atoms with Gasteiger partial charge in [0.2, 0.25) is 0 Å². The molecule has 0 aromatic heterocycles. The van der Waals surface area contributed by atoms with Crippen LogP contribution in [0.3, 0.4) is 0 Å². The van der Waals surface area contributed by atoms with E-state index in [1.54, 1.807) is 0 Å². The number of nitrogens with one attached hydrogen (secondary N) is 2. The molecule has 0 saturated heterocycles. The quantitative estimate of drug-likeness (QED) is 0.424. The van der Waals surface area contributed by atoms with Gasteiger partial charge in [0.1, 0.15) is 0 Å². The molecule has 0 radical (unpaired) electrons. The molecule has 0 aromatic carbocycles. The lowest BCUT2D eigenvalue weighted by atomic mass is 9.96. The molecule has 1 aliphatic rings. The van der Waals surface area contributed by atoms with Crippen molar-refractivity contribution >= 4 is 5.96 Å². The first kappa shape index (κ1) is 16.3. The van der Waals surface area contributed by atoms with Gasteiger partial charge in [0.05, 0.1) is 13.2 Å². The monoisotopic (exact) mass is 269 g/mol. The molecule has 4 heteroatoms. The van der Waals surface area contributed by atoms with Crippen molar-refractivity contribution in [3.05, 3.63) is 0 Å². The molecule has 2 N–H and O–H groups in total. The summed E-state index contributed by atoms with van der Waals surface area (Å²) in [5.74, 6) is 1.54. The Bertz CT molecular complexity index is 248. The summed E-state index contributed by atoms with van der Waals surface area (Å²) in [6.07, 6.45) is 6.61. The Kier molecular flexibility index (Phi) is 8.63. The van der Waals surface area contributed by atoms with Crippen LogP contribution >= 0.6 is 0 Å². The Morgan fingerprint density at radius 3 is 2.63 bits per heavy atom. The van der Waals surface area contributed by atoms with Crippen molar-refractivity contribution in [3.63, 3.8) is 0 Å². The van der Waals surface area contributed by atoms with Crippen LogP contribution in [0.5, 0.6) is 0 Å². The first-order chi connectivity index (χ1) is 9.22. The second kappa shape index (κ2) is 10.1. The number of aliphatic imine (C=N–C) groups is 1. The summed E-state index contributed by atoms with van der Waals surface area (Å²) in [6.45, 7) is 9.60. The Balaban J connectivity index is 2.25. The lowest BCUT2D eigenvalue weighted by Gasteiger charge is -2.24. The van der Waals surface area contributed by atoms with Gasteiger partial charge in [0.15, 0.2) is 5.96 Å². The van der Waals surface area contributed by atoms with E-state index < -0.39 is 0 Å². The third-order valence-electron chi connectivity index (χ3n) is 3.25. The standard InChI is InChI=1S/C15H31N3O/c1-4-16-15(17-10-11-19-12-13(2)3)18-14-8-6-5-7-9-14/h13-14H,4-12H2,1-3H3,(H2,16,17,18). The Labute approximate surface area is 118 Å². The number of rotatable bonds is 7. The number of nitrogens with zero attached hydrogens (tertiary/aromatic N) is 1. The minimum absolute atomic E-state index is 0.595. The highest BCUT2D eigenvalue weighted by atomic mass is 16.5. The molecule has 112 valence electrons. The Hall–Kier alpha value is -0.770. The van der Waals surface area contributed by atoms with Gasteiger partial charge in [-0.15, -0.1) is 0 Å². The highest BCUT2D eigenvalue weighted by Crippen LogP contribution is 2.17. The molecule has 0 bridgehead atoms. The maximum atomic E-state index is 5.55. The topological polar surface area (TPSA) is 45.7 Å². The van der Waals surface area contributed by atoms with Crippen molar-refractivity contribution < 1.29 is 4.74 Å². The SMILES string of the molecule is CCNC(=NCCOCC(C)C)NC1CCCCC1. The Morgan fingerprint density at radius 2 is 2.00 bits per heavy atom. The molecule has 1 aliphatic carbocycles. The lowest BCUT2D eigenvalue weighted by Crippen LogP contribution is -2.44. The van der Waals surface area contributed by atoms with Crippen LogP contribution in [0, 0.1) is 5.92 Å². The molecule has 1 fully saturated rings. The first-order valence-electron chi connectivity index (χ1n) is 7.85. The zero-order chi connectivity index (χ0) is 13.9. The number of hydrogen-bond acceptors (Lipinski definition) is 2. The van der Waals surface area contributed by atoms with Crippen molar-refractivity contribution in [2.24, 2.45) is 10.9 Å². The lowest BCUT2D eigenvalue weighted by molar-refractivity contribution is 0.117. The van der Waals surface area contributed by atoms with Crippen molar-refractivity contribution in [1.29, 1.82) is 0 Å². The van der Waals surface area contributed by atoms with E-state index in [0.29, 0.717) is 18.6 Å². The molecule has 1 rings (SSSR count). The summed E-state index contributed by atoms with van der Waals surface area (Å²) in [4.78, 5) is 4.57. The fraction of sp³-hybridized carbons (Fsp3) is 0.933. The van der Waals surface area contributed by atoms with Gasteiger partial charge in [-0.1, -0.05) is 33.1 Å². The third-order valence-corrected chi connectivity index (χ3v) is 3.25. The van der Waals surface area contributed by atoms with Gasteiger partial charge in [-0.2, -0.15) is 0 Å². The number of hydrogen-bond donors (Lipinski definition) is 2. The minimum Gasteiger partial charge on any atom is -0.379 e. The maximum Gasteiger partial charge on any atom is 0.191 e. The van der Waals surface area contributed by atoms with Gasteiger partial charge in [-0.05, 0) is 25.7 Å². The Morgan fingerprint density at radius 1 is 1.26 bits per heavy atom. The van der Waals surface area contributed by atoms with E-state index in [9.17, 15) is 0 Å². The molecule has 0 atom stereocenters. The van der Waals surface area contributed by atoms with Crippen molar-refractivity contribution in [1.82, 2.24) is 10.6 Å². The van der Waals surface area contributed by atoms with Crippen LogP contribution in [-0.4, -0.2) is 38.3 Å². The van der Waals surface area contributed by atoms with Crippen LogP contribution in [-0.2, 0) is 4.74 Å². The third kappa shape index (κ3) is 8.09. The molecule has 1 saturated carbocycles. The van der Waals surface area contributed by atoms with Crippen LogP contribution < -0.4 is 10.6 Å². The van der Waals surface area contributed by atoms with E-state index in [2.05, 4.69) is 36.4 Å². The molecular formula is C15H31N3O. The second-order valence-electron chi connectivity index (χ2n) is 5.71. The van der Waals surface area contributed by atoms with E-state index in [0.717, 1.165) is 25.7 Å². The van der Waals surface area contributed by atoms with Crippen LogP contribution in [0.2, 0.25) is 0 Å². The second-order valence-corrected chi connectivity index (χ2v) is 5.71. The summed E-state index contributed by atoms with van der Waals surface area (Å²) in [5, 5.41) is 6.85. The van der Waals surface area contributed by atoms with Crippen molar-refractivity contribution in [3.8, 4) is 0 Å². The molecule has 0 aliphatic heterocycles. The van der Waals surface area contributed by atoms with Crippen molar-refractivity contribution in [2.75, 3.05) is 26.3 Å². The highest BCUT2D eigenvalue weighted by molar-refractivity contribution is 5.80. The summed E-state index contributed by atoms with van der Waals surface area (Å²) < 4.78 is 5.55. The molecule has 0 heterocycles. The summed E-state index contributed by atoms with van der Waals surface area (Å²) in [5.41, 5.74) is 0. The average molecular weight is 269 g/mol. The fourth-order valence-electron chi connectivity index (χ4n) is 2.30. The van der Waals surface area contributed by atoms with Gasteiger partial charge >= 0.3 is 0 Å². The largest absolute Gasteiger partial charge is 0.379 e. The highest BCUT2D eigenvalue weighted by Gasteiger charge is 2.14. The number of guanidine groups is 1. The zero-order valence-electron chi connectivity index (χ0n) is 12.9. The fourth-order valence-corrected chi connectivity index (χ4v) is 2.30. The van der Waals surface area contributed by atoms with Gasteiger partial charge in [-0.3, -0.25) is 4.99 Å². The molecule has 0 spiro atoms.